The molecule has 6 heteroatoms. The molecule has 0 unspecified atom stereocenters. The lowest BCUT2D eigenvalue weighted by Gasteiger charge is -2.03. The molecule has 0 aliphatic rings. The summed E-state index contributed by atoms with van der Waals surface area (Å²) in [5.74, 6) is 0.797. The van der Waals surface area contributed by atoms with Crippen molar-refractivity contribution in [3.05, 3.63) is 59.5 Å². The first-order valence-electron chi connectivity index (χ1n) is 5.98. The van der Waals surface area contributed by atoms with Crippen LogP contribution in [0, 0.1) is 0 Å². The van der Waals surface area contributed by atoms with Gasteiger partial charge < -0.3 is 0 Å². The highest BCUT2D eigenvalue weighted by Crippen LogP contribution is 2.22. The molecule has 100 valence electrons. The number of hydrogen-bond donors (Lipinski definition) is 0. The van der Waals surface area contributed by atoms with E-state index in [1.807, 2.05) is 18.2 Å². The first kappa shape index (κ1) is 13.1. The molecule has 1 aromatic carbocycles. The molecule has 0 saturated carbocycles. The van der Waals surface area contributed by atoms with Crippen molar-refractivity contribution < 1.29 is 0 Å². The third kappa shape index (κ3) is 2.55. The fourth-order valence-electron chi connectivity index (χ4n) is 1.77. The maximum atomic E-state index is 6.12. The summed E-state index contributed by atoms with van der Waals surface area (Å²) in [5, 5.41) is 5.07. The topological polar surface area (TPSA) is 43.1 Å². The number of nitrogens with zero attached hydrogens (tertiary/aromatic N) is 4. The van der Waals surface area contributed by atoms with Gasteiger partial charge in [0.25, 0.3) is 0 Å². The van der Waals surface area contributed by atoms with Crippen molar-refractivity contribution in [3.8, 4) is 0 Å². The van der Waals surface area contributed by atoms with Crippen molar-refractivity contribution in [2.75, 3.05) is 0 Å². The van der Waals surface area contributed by atoms with Crippen LogP contribution in [0.3, 0.4) is 0 Å². The van der Waals surface area contributed by atoms with E-state index in [2.05, 4.69) is 33.8 Å². The number of hydrogen-bond acceptors (Lipinski definition) is 4. The van der Waals surface area contributed by atoms with Gasteiger partial charge in [-0.05, 0) is 17.2 Å². The van der Waals surface area contributed by atoms with Crippen molar-refractivity contribution in [2.45, 2.75) is 10.9 Å². The smallest absolute Gasteiger partial charge is 0.202 e. The zero-order valence-electron chi connectivity index (χ0n) is 10.5. The fraction of sp³-hybridized carbons (Fsp3) is 0.0714. The predicted molar refractivity (Wildman–Crippen MR) is 81.9 cm³/mol. The molecule has 0 spiro atoms. The number of thioether (sulfide) groups is 1. The third-order valence-electron chi connectivity index (χ3n) is 2.77. The lowest BCUT2D eigenvalue weighted by molar-refractivity contribution is 0.834. The van der Waals surface area contributed by atoms with Crippen LogP contribution in [0.15, 0.2) is 48.3 Å². The molecule has 2 aromatic heterocycles. The lowest BCUT2D eigenvalue weighted by Crippen LogP contribution is -1.98. The Morgan fingerprint density at radius 1 is 1.25 bits per heavy atom. The standard InChI is InChI=1S/C14H11ClN4S/c1-2-11-8-16-19-12(11)17-14(18-13(19)15)20-9-10-6-4-3-5-7-10/h2-8H,1,9H2. The highest BCUT2D eigenvalue weighted by molar-refractivity contribution is 7.98. The van der Waals surface area contributed by atoms with E-state index in [1.54, 1.807) is 24.0 Å². The lowest BCUT2D eigenvalue weighted by atomic mass is 10.2. The second-order valence-corrected chi connectivity index (χ2v) is 5.37. The second kappa shape index (κ2) is 5.64. The third-order valence-corrected chi connectivity index (χ3v) is 3.93. The first-order chi connectivity index (χ1) is 9.78. The summed E-state index contributed by atoms with van der Waals surface area (Å²) in [6.45, 7) is 3.74. The predicted octanol–water partition coefficient (Wildman–Crippen LogP) is 3.71. The molecule has 0 aliphatic carbocycles. The van der Waals surface area contributed by atoms with Crippen LogP contribution in [-0.4, -0.2) is 19.6 Å². The van der Waals surface area contributed by atoms with E-state index in [0.29, 0.717) is 16.1 Å². The average Bonchev–Trinajstić information content (AvgIpc) is 2.90. The highest BCUT2D eigenvalue weighted by Gasteiger charge is 2.10. The maximum absolute atomic E-state index is 6.12. The van der Waals surface area contributed by atoms with Crippen molar-refractivity contribution >= 4 is 35.1 Å². The summed E-state index contributed by atoms with van der Waals surface area (Å²) in [6.07, 6.45) is 3.38. The summed E-state index contributed by atoms with van der Waals surface area (Å²) in [4.78, 5) is 8.73. The molecule has 0 saturated heterocycles. The number of aromatic nitrogens is 4. The summed E-state index contributed by atoms with van der Waals surface area (Å²) >= 11 is 7.66. The van der Waals surface area contributed by atoms with E-state index >= 15 is 0 Å². The Bertz CT molecular complexity index is 754. The Balaban J connectivity index is 1.90. The molecule has 2 heterocycles. The zero-order chi connectivity index (χ0) is 13.9. The highest BCUT2D eigenvalue weighted by atomic mass is 35.5. The maximum Gasteiger partial charge on any atom is 0.228 e. The molecular formula is C14H11ClN4S. The van der Waals surface area contributed by atoms with Gasteiger partial charge in [-0.15, -0.1) is 0 Å². The first-order valence-corrected chi connectivity index (χ1v) is 7.35. The largest absolute Gasteiger partial charge is 0.228 e. The van der Waals surface area contributed by atoms with Gasteiger partial charge in [0, 0.05) is 11.3 Å². The Labute approximate surface area is 125 Å². The number of halogens is 1. The molecule has 0 radical (unpaired) electrons. The van der Waals surface area contributed by atoms with Gasteiger partial charge in [0.05, 0.1) is 6.20 Å². The van der Waals surface area contributed by atoms with E-state index < -0.39 is 0 Å². The molecule has 20 heavy (non-hydrogen) atoms. The molecule has 0 aliphatic heterocycles. The van der Waals surface area contributed by atoms with Crippen LogP contribution in [-0.2, 0) is 5.75 Å². The molecule has 0 bridgehead atoms. The average molecular weight is 303 g/mol. The van der Waals surface area contributed by atoms with Crippen molar-refractivity contribution in [3.63, 3.8) is 0 Å². The Hall–Kier alpha value is -1.85. The molecule has 0 atom stereocenters. The number of fused-ring (bicyclic) bond motifs is 1. The van der Waals surface area contributed by atoms with E-state index in [4.69, 9.17) is 11.6 Å². The van der Waals surface area contributed by atoms with Crippen molar-refractivity contribution in [1.82, 2.24) is 19.6 Å². The summed E-state index contributed by atoms with van der Waals surface area (Å²) in [7, 11) is 0. The van der Waals surface area contributed by atoms with E-state index in [1.165, 1.54) is 10.1 Å². The van der Waals surface area contributed by atoms with Gasteiger partial charge in [0.2, 0.25) is 5.28 Å². The minimum absolute atomic E-state index is 0.304. The Kier molecular flexibility index (Phi) is 3.71. The van der Waals surface area contributed by atoms with Crippen LogP contribution in [0.2, 0.25) is 5.28 Å². The van der Waals surface area contributed by atoms with E-state index in [9.17, 15) is 0 Å². The quantitative estimate of drug-likeness (QED) is 0.689. The van der Waals surface area contributed by atoms with Crippen molar-refractivity contribution in [2.24, 2.45) is 0 Å². The van der Waals surface area contributed by atoms with Crippen LogP contribution in [0.5, 0.6) is 0 Å². The fourth-order valence-corrected chi connectivity index (χ4v) is 2.82. The molecular weight excluding hydrogens is 292 g/mol. The van der Waals surface area contributed by atoms with Gasteiger partial charge in [-0.25, -0.2) is 4.98 Å². The molecule has 4 nitrogen and oxygen atoms in total. The SMILES string of the molecule is C=Cc1cnn2c(Cl)nc(SCc3ccccc3)nc12. The summed E-state index contributed by atoms with van der Waals surface area (Å²) in [6, 6.07) is 10.2. The van der Waals surface area contributed by atoms with Gasteiger partial charge in [-0.3, -0.25) is 0 Å². The minimum Gasteiger partial charge on any atom is -0.202 e. The van der Waals surface area contributed by atoms with Crippen LogP contribution >= 0.6 is 23.4 Å². The van der Waals surface area contributed by atoms with Crippen molar-refractivity contribution in [1.29, 1.82) is 0 Å². The molecule has 0 fully saturated rings. The van der Waals surface area contributed by atoms with Crippen LogP contribution < -0.4 is 0 Å². The van der Waals surface area contributed by atoms with Crippen LogP contribution in [0.25, 0.3) is 11.7 Å². The number of benzene rings is 1. The van der Waals surface area contributed by atoms with Crippen LogP contribution in [0.4, 0.5) is 0 Å². The molecule has 0 N–H and O–H groups in total. The summed E-state index contributed by atoms with van der Waals surface area (Å²) in [5.41, 5.74) is 2.74. The normalized spacial score (nSPS) is 10.8. The summed E-state index contributed by atoms with van der Waals surface area (Å²) < 4.78 is 1.51. The molecule has 3 rings (SSSR count). The number of rotatable bonds is 4. The molecule has 3 aromatic rings. The monoisotopic (exact) mass is 302 g/mol. The van der Waals surface area contributed by atoms with E-state index in [-0.39, 0.29) is 0 Å². The van der Waals surface area contributed by atoms with E-state index in [0.717, 1.165) is 11.3 Å². The van der Waals surface area contributed by atoms with Gasteiger partial charge in [-0.1, -0.05) is 54.7 Å². The van der Waals surface area contributed by atoms with Gasteiger partial charge >= 0.3 is 0 Å². The van der Waals surface area contributed by atoms with Gasteiger partial charge in [-0.2, -0.15) is 14.6 Å². The Morgan fingerprint density at radius 2 is 2.05 bits per heavy atom. The minimum atomic E-state index is 0.304. The van der Waals surface area contributed by atoms with Crippen LogP contribution in [0.1, 0.15) is 11.1 Å². The molecule has 0 amide bonds. The van der Waals surface area contributed by atoms with Gasteiger partial charge in [0.15, 0.2) is 10.8 Å². The second-order valence-electron chi connectivity index (χ2n) is 4.09. The van der Waals surface area contributed by atoms with Gasteiger partial charge in [0.1, 0.15) is 0 Å². The Morgan fingerprint density at radius 3 is 2.80 bits per heavy atom. The zero-order valence-corrected chi connectivity index (χ0v) is 12.1.